The Kier molecular flexibility index (Phi) is 5.81. The third-order valence-corrected chi connectivity index (χ3v) is 4.14. The van der Waals surface area contributed by atoms with Gasteiger partial charge in [-0.2, -0.15) is 0 Å². The summed E-state index contributed by atoms with van der Waals surface area (Å²) in [7, 11) is 1.33. The molecule has 0 saturated carbocycles. The van der Waals surface area contributed by atoms with Gasteiger partial charge in [-0.25, -0.2) is 9.59 Å². The number of hydrogen-bond donors (Lipinski definition) is 1. The minimum Gasteiger partial charge on any atom is -0.490 e. The van der Waals surface area contributed by atoms with Gasteiger partial charge in [-0.1, -0.05) is 6.07 Å². The lowest BCUT2D eigenvalue weighted by molar-refractivity contribution is -0.385. The van der Waals surface area contributed by atoms with Gasteiger partial charge in [0.1, 0.15) is 0 Å². The molecule has 2 rings (SSSR count). The second-order valence-electron chi connectivity index (χ2n) is 5.53. The van der Waals surface area contributed by atoms with Gasteiger partial charge in [-0.05, 0) is 32.4 Å². The monoisotopic (exact) mass is 363 g/mol. The molecule has 0 radical (unpaired) electrons. The molecule has 0 bridgehead atoms. The van der Waals surface area contributed by atoms with Crippen LogP contribution >= 0.6 is 0 Å². The first-order valence-electron chi connectivity index (χ1n) is 8.13. The smallest absolute Gasteiger partial charge is 0.338 e. The molecule has 0 aliphatic carbocycles. The van der Waals surface area contributed by atoms with E-state index in [1.165, 1.54) is 24.1 Å². The molecule has 0 aromatic heterocycles. The maximum atomic E-state index is 12.5. The summed E-state index contributed by atoms with van der Waals surface area (Å²) in [5.41, 5.74) is 0.841. The molecule has 0 spiro atoms. The summed E-state index contributed by atoms with van der Waals surface area (Å²) in [6.07, 6.45) is 0. The standard InChI is InChI=1S/C17H21N3O6/c1-5-19-10(3)14(16(21)26-6-2)15(18-17(19)22)11-7-8-13(25-4)12(9-11)20(23)24/h7-9,15H,5-6H2,1-4H3,(H,18,22)/t15-/m1/s1. The molecule has 1 aromatic carbocycles. The Labute approximate surface area is 150 Å². The van der Waals surface area contributed by atoms with E-state index in [0.717, 1.165) is 0 Å². The lowest BCUT2D eigenvalue weighted by Gasteiger charge is -2.34. The van der Waals surface area contributed by atoms with E-state index in [4.69, 9.17) is 9.47 Å². The molecule has 140 valence electrons. The fraction of sp³-hybridized carbons (Fsp3) is 0.412. The van der Waals surface area contributed by atoms with Crippen molar-refractivity contribution in [2.45, 2.75) is 26.8 Å². The van der Waals surface area contributed by atoms with E-state index in [-0.39, 0.29) is 29.6 Å². The number of hydrogen-bond acceptors (Lipinski definition) is 6. The number of carbonyl (C=O) groups excluding carboxylic acids is 2. The van der Waals surface area contributed by atoms with E-state index < -0.39 is 16.9 Å². The van der Waals surface area contributed by atoms with Crippen molar-refractivity contribution in [3.63, 3.8) is 0 Å². The van der Waals surface area contributed by atoms with Crippen LogP contribution in [0.5, 0.6) is 5.75 Å². The first-order valence-corrected chi connectivity index (χ1v) is 8.13. The van der Waals surface area contributed by atoms with Crippen LogP contribution in [0.1, 0.15) is 32.4 Å². The third kappa shape index (κ3) is 3.46. The molecule has 9 nitrogen and oxygen atoms in total. The first kappa shape index (κ1) is 19.2. The van der Waals surface area contributed by atoms with Crippen molar-refractivity contribution in [1.82, 2.24) is 10.2 Å². The predicted octanol–water partition coefficient (Wildman–Crippen LogP) is 2.53. The summed E-state index contributed by atoms with van der Waals surface area (Å²) in [4.78, 5) is 37.0. The number of methoxy groups -OCH3 is 1. The summed E-state index contributed by atoms with van der Waals surface area (Å²) in [5.74, 6) is -0.485. The quantitative estimate of drug-likeness (QED) is 0.472. The maximum absolute atomic E-state index is 12.5. The van der Waals surface area contributed by atoms with Crippen LogP contribution < -0.4 is 10.1 Å². The topological polar surface area (TPSA) is 111 Å². The molecule has 1 heterocycles. The van der Waals surface area contributed by atoms with E-state index in [0.29, 0.717) is 17.8 Å². The highest BCUT2D eigenvalue weighted by Gasteiger charge is 2.36. The average molecular weight is 363 g/mol. The van der Waals surface area contributed by atoms with Gasteiger partial charge >= 0.3 is 17.7 Å². The zero-order valence-electron chi connectivity index (χ0n) is 15.1. The number of amides is 2. The highest BCUT2D eigenvalue weighted by Crippen LogP contribution is 2.35. The number of ether oxygens (including phenoxy) is 2. The van der Waals surface area contributed by atoms with Crippen LogP contribution in [0, 0.1) is 10.1 Å². The van der Waals surface area contributed by atoms with Gasteiger partial charge in [0, 0.05) is 18.3 Å². The zero-order chi connectivity index (χ0) is 19.4. The van der Waals surface area contributed by atoms with Crippen LogP contribution in [0.3, 0.4) is 0 Å². The summed E-state index contributed by atoms with van der Waals surface area (Å²) in [5, 5.41) is 14.0. The molecule has 0 fully saturated rings. The summed E-state index contributed by atoms with van der Waals surface area (Å²) in [6, 6.07) is 3.06. The molecular weight excluding hydrogens is 342 g/mol. The van der Waals surface area contributed by atoms with Gasteiger partial charge in [0.25, 0.3) is 0 Å². The second-order valence-corrected chi connectivity index (χ2v) is 5.53. The van der Waals surface area contributed by atoms with Crippen LogP contribution in [0.4, 0.5) is 10.5 Å². The van der Waals surface area contributed by atoms with Crippen molar-refractivity contribution >= 4 is 17.7 Å². The van der Waals surface area contributed by atoms with Gasteiger partial charge < -0.3 is 14.8 Å². The SMILES string of the molecule is CCOC(=O)C1=C(C)N(CC)C(=O)N[C@@H]1c1ccc(OC)c([N+](=O)[O-])c1. The molecule has 1 atom stereocenters. The number of nitro benzene ring substituents is 1. The van der Waals surface area contributed by atoms with Crippen molar-refractivity contribution in [3.8, 4) is 5.75 Å². The van der Waals surface area contributed by atoms with Crippen LogP contribution in [0.2, 0.25) is 0 Å². The van der Waals surface area contributed by atoms with Crippen molar-refractivity contribution in [1.29, 1.82) is 0 Å². The number of nitrogens with zero attached hydrogens (tertiary/aromatic N) is 2. The molecule has 1 aromatic rings. The van der Waals surface area contributed by atoms with Gasteiger partial charge in [0.05, 0.1) is 30.3 Å². The largest absolute Gasteiger partial charge is 0.490 e. The lowest BCUT2D eigenvalue weighted by Crippen LogP contribution is -2.47. The minimum absolute atomic E-state index is 0.0921. The van der Waals surface area contributed by atoms with E-state index >= 15 is 0 Å². The fourth-order valence-corrected chi connectivity index (χ4v) is 2.91. The molecule has 0 unspecified atom stereocenters. The summed E-state index contributed by atoms with van der Waals surface area (Å²) < 4.78 is 10.1. The fourth-order valence-electron chi connectivity index (χ4n) is 2.91. The number of carbonyl (C=O) groups is 2. The van der Waals surface area contributed by atoms with Gasteiger partial charge in [0.15, 0.2) is 5.75 Å². The van der Waals surface area contributed by atoms with Crippen LogP contribution in [-0.4, -0.2) is 42.1 Å². The Balaban J connectivity index is 2.60. The number of nitro groups is 1. The molecule has 0 saturated heterocycles. The van der Waals surface area contributed by atoms with Crippen LogP contribution in [0.25, 0.3) is 0 Å². The molecule has 2 amide bonds. The molecule has 1 aliphatic heterocycles. The van der Waals surface area contributed by atoms with Crippen molar-refractivity contribution in [3.05, 3.63) is 45.1 Å². The number of urea groups is 1. The first-order chi connectivity index (χ1) is 12.3. The second kappa shape index (κ2) is 7.85. The number of nitrogens with one attached hydrogen (secondary N) is 1. The van der Waals surface area contributed by atoms with Gasteiger partial charge in [-0.3, -0.25) is 15.0 Å². The van der Waals surface area contributed by atoms with E-state index in [9.17, 15) is 19.7 Å². The molecular formula is C17H21N3O6. The predicted molar refractivity (Wildman–Crippen MR) is 92.6 cm³/mol. The lowest BCUT2D eigenvalue weighted by atomic mass is 9.94. The number of benzene rings is 1. The molecule has 9 heteroatoms. The average Bonchev–Trinajstić information content (AvgIpc) is 2.61. The minimum atomic E-state index is -0.853. The Morgan fingerprint density at radius 3 is 2.62 bits per heavy atom. The molecule has 26 heavy (non-hydrogen) atoms. The highest BCUT2D eigenvalue weighted by molar-refractivity contribution is 5.95. The Hall–Kier alpha value is -3.10. The van der Waals surface area contributed by atoms with Crippen LogP contribution in [-0.2, 0) is 9.53 Å². The third-order valence-electron chi connectivity index (χ3n) is 4.14. The zero-order valence-corrected chi connectivity index (χ0v) is 15.1. The molecule has 1 N–H and O–H groups in total. The van der Waals surface area contributed by atoms with Crippen LogP contribution in [0.15, 0.2) is 29.5 Å². The van der Waals surface area contributed by atoms with E-state index in [1.807, 2.05) is 0 Å². The Morgan fingerprint density at radius 2 is 2.08 bits per heavy atom. The number of esters is 1. The van der Waals surface area contributed by atoms with Crippen molar-refractivity contribution in [2.75, 3.05) is 20.3 Å². The Bertz CT molecular complexity index is 774. The maximum Gasteiger partial charge on any atom is 0.338 e. The van der Waals surface area contributed by atoms with Crippen molar-refractivity contribution in [2.24, 2.45) is 0 Å². The summed E-state index contributed by atoms with van der Waals surface area (Å²) >= 11 is 0. The van der Waals surface area contributed by atoms with Gasteiger partial charge in [0.2, 0.25) is 0 Å². The molecule has 1 aliphatic rings. The number of rotatable bonds is 6. The van der Waals surface area contributed by atoms with Crippen molar-refractivity contribution < 1.29 is 24.0 Å². The summed E-state index contributed by atoms with van der Waals surface area (Å²) in [6.45, 7) is 5.66. The van der Waals surface area contributed by atoms with E-state index in [1.54, 1.807) is 26.8 Å². The van der Waals surface area contributed by atoms with E-state index in [2.05, 4.69) is 5.32 Å². The number of allylic oxidation sites excluding steroid dienone is 1. The highest BCUT2D eigenvalue weighted by atomic mass is 16.6. The normalized spacial score (nSPS) is 17.0. The Morgan fingerprint density at radius 1 is 1.38 bits per heavy atom. The van der Waals surface area contributed by atoms with Gasteiger partial charge in [-0.15, -0.1) is 0 Å².